The normalized spacial score (nSPS) is 33.6. The van der Waals surface area contributed by atoms with Gasteiger partial charge in [0, 0.05) is 12.1 Å². The number of hydrogen-bond donors (Lipinski definition) is 2. The summed E-state index contributed by atoms with van der Waals surface area (Å²) in [5.74, 6) is -0.177. The molecule has 0 aliphatic heterocycles. The second-order valence-corrected chi connectivity index (χ2v) is 6.29. The maximum absolute atomic E-state index is 10.9. The summed E-state index contributed by atoms with van der Waals surface area (Å²) in [7, 11) is 0. The molecule has 0 saturated heterocycles. The van der Waals surface area contributed by atoms with E-state index in [2.05, 4.69) is 22.6 Å². The van der Waals surface area contributed by atoms with Crippen LogP contribution in [-0.2, 0) is 0 Å². The van der Waals surface area contributed by atoms with E-state index in [9.17, 15) is 4.79 Å². The minimum atomic E-state index is -1.01. The number of nitrogens with one attached hydrogen (secondary N) is 1. The molecule has 0 bridgehead atoms. The highest BCUT2D eigenvalue weighted by Gasteiger charge is 2.33. The predicted molar refractivity (Wildman–Crippen MR) is 73.6 cm³/mol. The van der Waals surface area contributed by atoms with Crippen molar-refractivity contribution in [1.82, 2.24) is 20.3 Å². The Bertz CT molecular complexity index is 481. The fourth-order valence-electron chi connectivity index (χ4n) is 3.50. The highest BCUT2D eigenvalue weighted by molar-refractivity contribution is 5.84. The van der Waals surface area contributed by atoms with Gasteiger partial charge in [0.1, 0.15) is 0 Å². The molecule has 2 aliphatic rings. The van der Waals surface area contributed by atoms with Gasteiger partial charge < -0.3 is 10.4 Å². The summed E-state index contributed by atoms with van der Waals surface area (Å²) >= 11 is 0. The molecular formula is C14H22N4O2. The molecule has 2 aliphatic carbocycles. The third kappa shape index (κ3) is 2.70. The SMILES string of the molecule is CC1CC(N[C@@H]2CCCC[C@@H]2n2cc(C(=O)O)nn2)C1. The van der Waals surface area contributed by atoms with Crippen LogP contribution in [0, 0.1) is 5.92 Å². The average Bonchev–Trinajstić information content (AvgIpc) is 2.87. The van der Waals surface area contributed by atoms with Crippen LogP contribution in [0.4, 0.5) is 0 Å². The zero-order valence-electron chi connectivity index (χ0n) is 11.8. The van der Waals surface area contributed by atoms with Gasteiger partial charge in [0.25, 0.3) is 0 Å². The van der Waals surface area contributed by atoms with Gasteiger partial charge in [0.2, 0.25) is 0 Å². The van der Waals surface area contributed by atoms with E-state index in [0.717, 1.165) is 18.8 Å². The first-order valence-corrected chi connectivity index (χ1v) is 7.54. The largest absolute Gasteiger partial charge is 0.476 e. The van der Waals surface area contributed by atoms with E-state index in [4.69, 9.17) is 5.11 Å². The van der Waals surface area contributed by atoms with Crippen LogP contribution in [0.2, 0.25) is 0 Å². The first-order valence-electron chi connectivity index (χ1n) is 7.54. The molecule has 1 aromatic rings. The van der Waals surface area contributed by atoms with Gasteiger partial charge in [-0.3, -0.25) is 0 Å². The van der Waals surface area contributed by atoms with Gasteiger partial charge in [-0.1, -0.05) is 25.0 Å². The van der Waals surface area contributed by atoms with Gasteiger partial charge in [-0.15, -0.1) is 5.10 Å². The number of nitrogens with zero attached hydrogens (tertiary/aromatic N) is 3. The number of aromatic carboxylic acids is 1. The van der Waals surface area contributed by atoms with Gasteiger partial charge in [0.05, 0.1) is 12.2 Å². The third-order valence-corrected chi connectivity index (χ3v) is 4.62. The first kappa shape index (κ1) is 13.5. The molecule has 0 aromatic carbocycles. The maximum atomic E-state index is 10.9. The van der Waals surface area contributed by atoms with E-state index >= 15 is 0 Å². The fourth-order valence-corrected chi connectivity index (χ4v) is 3.50. The Morgan fingerprint density at radius 2 is 2.15 bits per heavy atom. The summed E-state index contributed by atoms with van der Waals surface area (Å²) in [5, 5.41) is 20.4. The van der Waals surface area contributed by atoms with Gasteiger partial charge in [-0.05, 0) is 31.6 Å². The van der Waals surface area contributed by atoms with Gasteiger partial charge >= 0.3 is 5.97 Å². The molecule has 3 rings (SSSR count). The fraction of sp³-hybridized carbons (Fsp3) is 0.786. The highest BCUT2D eigenvalue weighted by Crippen LogP contribution is 2.32. The lowest BCUT2D eigenvalue weighted by Gasteiger charge is -2.40. The summed E-state index contributed by atoms with van der Waals surface area (Å²) in [6.07, 6.45) is 8.65. The zero-order chi connectivity index (χ0) is 14.1. The van der Waals surface area contributed by atoms with Crippen molar-refractivity contribution in [2.75, 3.05) is 0 Å². The van der Waals surface area contributed by atoms with Crippen LogP contribution in [0.15, 0.2) is 6.20 Å². The molecule has 2 N–H and O–H groups in total. The molecule has 2 fully saturated rings. The van der Waals surface area contributed by atoms with Crippen LogP contribution >= 0.6 is 0 Å². The minimum absolute atomic E-state index is 0.0339. The molecular weight excluding hydrogens is 256 g/mol. The Labute approximate surface area is 118 Å². The minimum Gasteiger partial charge on any atom is -0.476 e. The van der Waals surface area contributed by atoms with E-state index in [1.54, 1.807) is 10.9 Å². The van der Waals surface area contributed by atoms with E-state index in [-0.39, 0.29) is 11.7 Å². The average molecular weight is 278 g/mol. The lowest BCUT2D eigenvalue weighted by atomic mass is 9.80. The van der Waals surface area contributed by atoms with Crippen LogP contribution in [0.3, 0.4) is 0 Å². The van der Waals surface area contributed by atoms with Crippen molar-refractivity contribution >= 4 is 5.97 Å². The third-order valence-electron chi connectivity index (χ3n) is 4.62. The molecule has 6 heteroatoms. The van der Waals surface area contributed by atoms with E-state index in [1.165, 1.54) is 25.7 Å². The maximum Gasteiger partial charge on any atom is 0.358 e. The summed E-state index contributed by atoms with van der Waals surface area (Å²) in [5.41, 5.74) is 0.0339. The highest BCUT2D eigenvalue weighted by atomic mass is 16.4. The Kier molecular flexibility index (Phi) is 3.74. The van der Waals surface area contributed by atoms with Crippen molar-refractivity contribution in [2.24, 2.45) is 5.92 Å². The summed E-state index contributed by atoms with van der Waals surface area (Å²) in [6, 6.07) is 1.25. The van der Waals surface area contributed by atoms with Crippen LogP contribution < -0.4 is 5.32 Å². The van der Waals surface area contributed by atoms with Crippen molar-refractivity contribution in [2.45, 2.75) is 63.6 Å². The van der Waals surface area contributed by atoms with Gasteiger partial charge in [-0.2, -0.15) is 0 Å². The molecule has 1 heterocycles. The Morgan fingerprint density at radius 1 is 1.40 bits per heavy atom. The number of carbonyl (C=O) groups is 1. The number of carboxylic acids is 1. The van der Waals surface area contributed by atoms with Crippen molar-refractivity contribution in [1.29, 1.82) is 0 Å². The number of carboxylic acid groups (broad SMARTS) is 1. The molecule has 6 nitrogen and oxygen atoms in total. The van der Waals surface area contributed by atoms with E-state index in [0.29, 0.717) is 12.1 Å². The molecule has 20 heavy (non-hydrogen) atoms. The monoisotopic (exact) mass is 278 g/mol. The van der Waals surface area contributed by atoms with Crippen LogP contribution in [0.5, 0.6) is 0 Å². The van der Waals surface area contributed by atoms with Crippen LogP contribution in [0.1, 0.15) is 62.0 Å². The smallest absolute Gasteiger partial charge is 0.358 e. The zero-order valence-corrected chi connectivity index (χ0v) is 11.8. The number of hydrogen-bond acceptors (Lipinski definition) is 4. The van der Waals surface area contributed by atoms with Crippen molar-refractivity contribution in [3.8, 4) is 0 Å². The van der Waals surface area contributed by atoms with Crippen molar-refractivity contribution < 1.29 is 9.90 Å². The first-order chi connectivity index (χ1) is 9.63. The Balaban J connectivity index is 1.69. The molecule has 0 amide bonds. The van der Waals surface area contributed by atoms with Gasteiger partial charge in [-0.25, -0.2) is 9.48 Å². The molecule has 0 unspecified atom stereocenters. The van der Waals surface area contributed by atoms with E-state index < -0.39 is 5.97 Å². The molecule has 0 spiro atoms. The van der Waals surface area contributed by atoms with Crippen LogP contribution in [0.25, 0.3) is 0 Å². The molecule has 2 saturated carbocycles. The summed E-state index contributed by atoms with van der Waals surface area (Å²) in [4.78, 5) is 10.9. The standard InChI is InChI=1S/C14H22N4O2/c1-9-6-10(7-9)15-11-4-2-3-5-13(11)18-8-12(14(19)20)16-17-18/h8-11,13,15H,2-7H2,1H3,(H,19,20)/t9?,10?,11-,13+/m1/s1. The molecule has 110 valence electrons. The molecule has 2 atom stereocenters. The molecule has 1 aromatic heterocycles. The van der Waals surface area contributed by atoms with Crippen LogP contribution in [-0.4, -0.2) is 38.2 Å². The summed E-state index contributed by atoms with van der Waals surface area (Å²) in [6.45, 7) is 2.28. The van der Waals surface area contributed by atoms with Gasteiger partial charge in [0.15, 0.2) is 5.69 Å². The second-order valence-electron chi connectivity index (χ2n) is 6.29. The van der Waals surface area contributed by atoms with Crippen molar-refractivity contribution in [3.63, 3.8) is 0 Å². The quantitative estimate of drug-likeness (QED) is 0.878. The topological polar surface area (TPSA) is 80.0 Å². The van der Waals surface area contributed by atoms with Crippen molar-refractivity contribution in [3.05, 3.63) is 11.9 Å². The lowest BCUT2D eigenvalue weighted by Crippen LogP contribution is -2.50. The van der Waals surface area contributed by atoms with E-state index in [1.807, 2.05) is 0 Å². The number of rotatable bonds is 4. The molecule has 0 radical (unpaired) electrons. The second kappa shape index (κ2) is 5.52. The number of aromatic nitrogens is 3. The summed E-state index contributed by atoms with van der Waals surface area (Å²) < 4.78 is 1.75. The lowest BCUT2D eigenvalue weighted by molar-refractivity contribution is 0.0690. The predicted octanol–water partition coefficient (Wildman–Crippen LogP) is 1.85. The Morgan fingerprint density at radius 3 is 2.80 bits per heavy atom. The Hall–Kier alpha value is -1.43.